The van der Waals surface area contributed by atoms with Crippen LogP contribution in [-0.2, 0) is 15.7 Å². The first-order valence-corrected chi connectivity index (χ1v) is 7.36. The Morgan fingerprint density at radius 1 is 1.35 bits per heavy atom. The smallest absolute Gasteiger partial charge is 0.280 e. The van der Waals surface area contributed by atoms with E-state index in [0.717, 1.165) is 17.9 Å². The van der Waals surface area contributed by atoms with Crippen LogP contribution >= 0.6 is 0 Å². The molecule has 0 N–H and O–H groups in total. The quantitative estimate of drug-likeness (QED) is 0.508. The van der Waals surface area contributed by atoms with E-state index < -0.39 is 0 Å². The Kier molecular flexibility index (Phi) is 2.51. The number of nitrogens with zero attached hydrogens (tertiary/aromatic N) is 1. The van der Waals surface area contributed by atoms with Gasteiger partial charge in [-0.3, -0.25) is 4.79 Å². The highest BCUT2D eigenvalue weighted by Gasteiger charge is 2.47. The number of fused-ring (bicyclic) bond motifs is 3. The van der Waals surface area contributed by atoms with Crippen molar-refractivity contribution in [3.8, 4) is 0 Å². The van der Waals surface area contributed by atoms with E-state index in [0.29, 0.717) is 0 Å². The van der Waals surface area contributed by atoms with Gasteiger partial charge in [0.05, 0.1) is 5.69 Å². The zero-order valence-corrected chi connectivity index (χ0v) is 11.0. The summed E-state index contributed by atoms with van der Waals surface area (Å²) in [5, 5.41) is 0.179. The molecule has 1 amide bonds. The van der Waals surface area contributed by atoms with Gasteiger partial charge >= 0.3 is 0 Å². The molecule has 2 aliphatic heterocycles. The van der Waals surface area contributed by atoms with Gasteiger partial charge in [-0.2, -0.15) is 0 Å². The molecule has 0 radical (unpaired) electrons. The molecule has 3 heteroatoms. The van der Waals surface area contributed by atoms with Crippen LogP contribution in [0.2, 0.25) is 0 Å². The van der Waals surface area contributed by atoms with E-state index in [9.17, 15) is 4.79 Å². The van der Waals surface area contributed by atoms with Gasteiger partial charge < -0.3 is 4.90 Å². The molecular formula is C14H16NOS+. The maximum absolute atomic E-state index is 12.3. The van der Waals surface area contributed by atoms with Crippen LogP contribution in [0.3, 0.4) is 0 Å². The van der Waals surface area contributed by atoms with Crippen LogP contribution in [0.15, 0.2) is 40.8 Å². The first-order chi connectivity index (χ1) is 8.18. The molecule has 0 spiro atoms. The molecule has 2 atom stereocenters. The fourth-order valence-electron chi connectivity index (χ4n) is 2.57. The SMILES string of the molecule is CC1=CCC2C(=O)N(C)c3ccccc3[S+]2C1. The number of hydrogen-bond donors (Lipinski definition) is 0. The third-order valence-electron chi connectivity index (χ3n) is 3.52. The normalized spacial score (nSPS) is 27.3. The van der Waals surface area contributed by atoms with Gasteiger partial charge in [0.1, 0.15) is 5.75 Å². The van der Waals surface area contributed by atoms with Crippen molar-refractivity contribution in [3.05, 3.63) is 35.9 Å². The molecular weight excluding hydrogens is 230 g/mol. The topological polar surface area (TPSA) is 20.3 Å². The number of para-hydroxylation sites is 1. The highest BCUT2D eigenvalue weighted by molar-refractivity contribution is 7.98. The van der Waals surface area contributed by atoms with Crippen molar-refractivity contribution in [2.75, 3.05) is 17.7 Å². The number of rotatable bonds is 0. The molecule has 0 aliphatic carbocycles. The lowest BCUT2D eigenvalue weighted by molar-refractivity contribution is -0.118. The minimum Gasteiger partial charge on any atom is -0.307 e. The molecule has 88 valence electrons. The van der Waals surface area contributed by atoms with Crippen LogP contribution in [-0.4, -0.2) is 24.0 Å². The van der Waals surface area contributed by atoms with Crippen molar-refractivity contribution in [1.82, 2.24) is 0 Å². The first-order valence-electron chi connectivity index (χ1n) is 5.90. The van der Waals surface area contributed by atoms with E-state index in [-0.39, 0.29) is 22.1 Å². The predicted octanol–water partition coefficient (Wildman–Crippen LogP) is 2.36. The second kappa shape index (κ2) is 3.91. The lowest BCUT2D eigenvalue weighted by atomic mass is 10.1. The van der Waals surface area contributed by atoms with E-state index in [1.807, 2.05) is 18.0 Å². The molecule has 2 aliphatic rings. The number of carbonyl (C=O) groups excluding carboxylic acids is 1. The lowest BCUT2D eigenvalue weighted by Crippen LogP contribution is -2.48. The molecule has 2 nitrogen and oxygen atoms in total. The number of amides is 1. The van der Waals surface area contributed by atoms with E-state index in [1.165, 1.54) is 10.5 Å². The van der Waals surface area contributed by atoms with Crippen LogP contribution in [0, 0.1) is 0 Å². The number of carbonyl (C=O) groups is 1. The molecule has 17 heavy (non-hydrogen) atoms. The number of hydrogen-bond acceptors (Lipinski definition) is 1. The van der Waals surface area contributed by atoms with Crippen molar-refractivity contribution < 1.29 is 4.79 Å². The summed E-state index contributed by atoms with van der Waals surface area (Å²) in [6, 6.07) is 8.34. The zero-order chi connectivity index (χ0) is 12.0. The molecule has 0 saturated carbocycles. The fraction of sp³-hybridized carbons (Fsp3) is 0.357. The van der Waals surface area contributed by atoms with Crippen LogP contribution in [0.5, 0.6) is 0 Å². The highest BCUT2D eigenvalue weighted by atomic mass is 32.2. The van der Waals surface area contributed by atoms with Crippen LogP contribution in [0.25, 0.3) is 0 Å². The number of benzene rings is 1. The van der Waals surface area contributed by atoms with Crippen molar-refractivity contribution in [2.45, 2.75) is 23.5 Å². The van der Waals surface area contributed by atoms with Gasteiger partial charge in [0.2, 0.25) is 5.25 Å². The summed E-state index contributed by atoms with van der Waals surface area (Å²) in [7, 11) is 1.98. The summed E-state index contributed by atoms with van der Waals surface area (Å²) in [5.41, 5.74) is 2.53. The van der Waals surface area contributed by atoms with Crippen molar-refractivity contribution in [3.63, 3.8) is 0 Å². The van der Waals surface area contributed by atoms with Gasteiger partial charge in [-0.25, -0.2) is 0 Å². The van der Waals surface area contributed by atoms with Gasteiger partial charge in [-0.05, 0) is 24.6 Å². The van der Waals surface area contributed by atoms with Crippen LogP contribution in [0.4, 0.5) is 5.69 Å². The third-order valence-corrected chi connectivity index (χ3v) is 6.28. The molecule has 0 saturated heterocycles. The van der Waals surface area contributed by atoms with E-state index in [4.69, 9.17) is 0 Å². The summed E-state index contributed by atoms with van der Waals surface area (Å²) in [4.78, 5) is 15.5. The average Bonchev–Trinajstić information content (AvgIpc) is 2.36. The summed E-state index contributed by atoms with van der Waals surface area (Å²) in [5.74, 6) is 1.34. The fourth-order valence-corrected chi connectivity index (χ4v) is 5.30. The molecule has 0 fully saturated rings. The second-order valence-corrected chi connectivity index (χ2v) is 6.87. The predicted molar refractivity (Wildman–Crippen MR) is 72.5 cm³/mol. The Morgan fingerprint density at radius 2 is 2.12 bits per heavy atom. The van der Waals surface area contributed by atoms with Crippen molar-refractivity contribution in [2.24, 2.45) is 0 Å². The summed E-state index contributed by atoms with van der Waals surface area (Å²) >= 11 is 0. The molecule has 3 rings (SSSR count). The van der Waals surface area contributed by atoms with E-state index >= 15 is 0 Å². The molecule has 2 heterocycles. The maximum atomic E-state index is 12.3. The molecule has 2 unspecified atom stereocenters. The third kappa shape index (κ3) is 1.61. The number of allylic oxidation sites excluding steroid dienone is 1. The van der Waals surface area contributed by atoms with Crippen LogP contribution in [0.1, 0.15) is 13.3 Å². The zero-order valence-electron chi connectivity index (χ0n) is 10.1. The standard InChI is InChI=1S/C14H16NOS/c1-10-7-8-13-14(16)15(2)11-5-3-4-6-12(11)17(13)9-10/h3-7,13H,8-9H2,1-2H3/q+1. The summed E-state index contributed by atoms with van der Waals surface area (Å²) in [6.45, 7) is 2.18. The summed E-state index contributed by atoms with van der Waals surface area (Å²) < 4.78 is 0. The monoisotopic (exact) mass is 246 g/mol. The van der Waals surface area contributed by atoms with Gasteiger partial charge in [-0.15, -0.1) is 0 Å². The lowest BCUT2D eigenvalue weighted by Gasteiger charge is -2.32. The minimum absolute atomic E-state index is 0.0821. The second-order valence-electron chi connectivity index (χ2n) is 4.71. The molecule has 0 aromatic heterocycles. The number of anilines is 1. The largest absolute Gasteiger partial charge is 0.307 e. The minimum atomic E-state index is 0.0821. The Labute approximate surface area is 105 Å². The Balaban J connectivity index is 2.13. The Hall–Kier alpha value is -1.22. The van der Waals surface area contributed by atoms with Crippen LogP contribution < -0.4 is 4.90 Å². The van der Waals surface area contributed by atoms with Crippen molar-refractivity contribution >= 4 is 22.5 Å². The average molecular weight is 246 g/mol. The maximum Gasteiger partial charge on any atom is 0.280 e. The van der Waals surface area contributed by atoms with Gasteiger partial charge in [0, 0.05) is 24.4 Å². The van der Waals surface area contributed by atoms with Gasteiger partial charge in [-0.1, -0.05) is 18.2 Å². The van der Waals surface area contributed by atoms with E-state index in [2.05, 4.69) is 31.2 Å². The first kappa shape index (κ1) is 10.9. The van der Waals surface area contributed by atoms with Gasteiger partial charge in [0.15, 0.2) is 4.90 Å². The molecule has 0 bridgehead atoms. The van der Waals surface area contributed by atoms with E-state index in [1.54, 1.807) is 0 Å². The Morgan fingerprint density at radius 3 is 2.94 bits per heavy atom. The Bertz CT molecular complexity index is 509. The van der Waals surface area contributed by atoms with Crippen molar-refractivity contribution in [1.29, 1.82) is 0 Å². The molecule has 1 aromatic rings. The molecule has 1 aromatic carbocycles. The highest BCUT2D eigenvalue weighted by Crippen LogP contribution is 2.39. The van der Waals surface area contributed by atoms with Gasteiger partial charge in [0.25, 0.3) is 5.91 Å². The summed E-state index contributed by atoms with van der Waals surface area (Å²) in [6.07, 6.45) is 3.14.